The molecule has 1 unspecified atom stereocenters. The molecule has 0 amide bonds. The average Bonchev–Trinajstić information content (AvgIpc) is 2.37. The van der Waals surface area contributed by atoms with Gasteiger partial charge in [0.1, 0.15) is 0 Å². The Balaban J connectivity index is 2.61. The fourth-order valence-corrected chi connectivity index (χ4v) is 3.65. The Morgan fingerprint density at radius 1 is 1.06 bits per heavy atom. The highest BCUT2D eigenvalue weighted by Crippen LogP contribution is 2.12. The van der Waals surface area contributed by atoms with Gasteiger partial charge in [-0.05, 0) is 32.4 Å². The minimum atomic E-state index is -1.63. The van der Waals surface area contributed by atoms with Crippen molar-refractivity contribution in [2.75, 3.05) is 18.5 Å². The van der Waals surface area contributed by atoms with Crippen LogP contribution in [0, 0.1) is 0 Å². The predicted octanol–water partition coefficient (Wildman–Crippen LogP) is 2.71. The van der Waals surface area contributed by atoms with Crippen molar-refractivity contribution < 1.29 is 8.85 Å². The van der Waals surface area contributed by atoms with E-state index in [1.807, 2.05) is 32.0 Å². The maximum absolute atomic E-state index is 5.76. The van der Waals surface area contributed by atoms with E-state index in [-0.39, 0.29) is 0 Å². The molecular weight excluding hydrogens is 230 g/mol. The first-order chi connectivity index (χ1) is 8.31. The maximum Gasteiger partial charge on any atom is 0.344 e. The van der Waals surface area contributed by atoms with Gasteiger partial charge in [0.05, 0.1) is 5.67 Å². The SMILES string of the molecule is CCO[SiH](OCC)C(CC)Nc1ccccc1. The highest BCUT2D eigenvalue weighted by molar-refractivity contribution is 6.47. The molecule has 0 aliphatic carbocycles. The Bertz CT molecular complexity index is 289. The van der Waals surface area contributed by atoms with Crippen molar-refractivity contribution in [3.05, 3.63) is 30.3 Å². The molecule has 0 bridgehead atoms. The Hall–Kier alpha value is -0.843. The van der Waals surface area contributed by atoms with Crippen LogP contribution in [0.4, 0.5) is 5.69 Å². The molecule has 1 aromatic rings. The molecule has 4 heteroatoms. The number of nitrogens with one attached hydrogen (secondary N) is 1. The first kappa shape index (κ1) is 14.2. The van der Waals surface area contributed by atoms with Crippen molar-refractivity contribution in [2.24, 2.45) is 0 Å². The van der Waals surface area contributed by atoms with E-state index in [0.29, 0.717) is 5.67 Å². The van der Waals surface area contributed by atoms with E-state index < -0.39 is 9.28 Å². The zero-order valence-corrected chi connectivity index (χ0v) is 12.1. The topological polar surface area (TPSA) is 30.5 Å². The normalized spacial score (nSPS) is 12.7. The summed E-state index contributed by atoms with van der Waals surface area (Å²) < 4.78 is 11.5. The lowest BCUT2D eigenvalue weighted by molar-refractivity contribution is 0.206. The van der Waals surface area contributed by atoms with Crippen molar-refractivity contribution in [2.45, 2.75) is 32.9 Å². The molecule has 0 aromatic heterocycles. The third-order valence-electron chi connectivity index (χ3n) is 2.56. The number of anilines is 1. The second-order valence-electron chi connectivity index (χ2n) is 3.80. The Morgan fingerprint density at radius 3 is 2.12 bits per heavy atom. The van der Waals surface area contributed by atoms with Gasteiger partial charge in [0, 0.05) is 18.9 Å². The summed E-state index contributed by atoms with van der Waals surface area (Å²) in [5, 5.41) is 3.51. The van der Waals surface area contributed by atoms with Crippen LogP contribution in [0.5, 0.6) is 0 Å². The Labute approximate surface area is 106 Å². The summed E-state index contributed by atoms with van der Waals surface area (Å²) in [4.78, 5) is 0. The number of benzene rings is 1. The van der Waals surface area contributed by atoms with E-state index in [1.54, 1.807) is 0 Å². The van der Waals surface area contributed by atoms with Crippen LogP contribution in [0.2, 0.25) is 0 Å². The van der Waals surface area contributed by atoms with Crippen LogP contribution in [0.15, 0.2) is 30.3 Å². The molecule has 0 spiro atoms. The number of hydrogen-bond acceptors (Lipinski definition) is 3. The van der Waals surface area contributed by atoms with Gasteiger partial charge in [0.15, 0.2) is 0 Å². The quantitative estimate of drug-likeness (QED) is 0.723. The van der Waals surface area contributed by atoms with Gasteiger partial charge in [-0.3, -0.25) is 0 Å². The minimum absolute atomic E-state index is 0.317. The van der Waals surface area contributed by atoms with Crippen LogP contribution in [0.25, 0.3) is 0 Å². The van der Waals surface area contributed by atoms with Crippen molar-refractivity contribution in [3.63, 3.8) is 0 Å². The molecule has 1 aromatic carbocycles. The van der Waals surface area contributed by atoms with Gasteiger partial charge < -0.3 is 14.2 Å². The van der Waals surface area contributed by atoms with Crippen LogP contribution >= 0.6 is 0 Å². The van der Waals surface area contributed by atoms with Gasteiger partial charge in [0.25, 0.3) is 0 Å². The highest BCUT2D eigenvalue weighted by Gasteiger charge is 2.24. The van der Waals surface area contributed by atoms with Crippen LogP contribution in [-0.4, -0.2) is 28.2 Å². The fourth-order valence-electron chi connectivity index (χ4n) is 1.72. The summed E-state index contributed by atoms with van der Waals surface area (Å²) >= 11 is 0. The molecule has 0 aliphatic rings. The summed E-state index contributed by atoms with van der Waals surface area (Å²) in [6.45, 7) is 7.66. The molecule has 0 saturated carbocycles. The molecule has 96 valence electrons. The summed E-state index contributed by atoms with van der Waals surface area (Å²) in [5.74, 6) is 0. The van der Waals surface area contributed by atoms with Gasteiger partial charge in [-0.1, -0.05) is 25.1 Å². The van der Waals surface area contributed by atoms with Crippen LogP contribution in [0.1, 0.15) is 27.2 Å². The van der Waals surface area contributed by atoms with Gasteiger partial charge >= 0.3 is 9.28 Å². The smallest absolute Gasteiger partial charge is 0.344 e. The first-order valence-electron chi connectivity index (χ1n) is 6.36. The van der Waals surface area contributed by atoms with Gasteiger partial charge in [0.2, 0.25) is 0 Å². The number of para-hydroxylation sites is 1. The molecule has 0 fully saturated rings. The number of rotatable bonds is 8. The van der Waals surface area contributed by atoms with Crippen molar-refractivity contribution in [1.82, 2.24) is 0 Å². The van der Waals surface area contributed by atoms with E-state index in [1.165, 1.54) is 0 Å². The monoisotopic (exact) mass is 253 g/mol. The molecule has 1 atom stereocenters. The minimum Gasteiger partial charge on any atom is -0.396 e. The highest BCUT2D eigenvalue weighted by atomic mass is 28.3. The van der Waals surface area contributed by atoms with Crippen molar-refractivity contribution in [1.29, 1.82) is 0 Å². The molecule has 0 heterocycles. The summed E-state index contributed by atoms with van der Waals surface area (Å²) in [7, 11) is -1.63. The predicted molar refractivity (Wildman–Crippen MR) is 74.5 cm³/mol. The van der Waals surface area contributed by atoms with Crippen molar-refractivity contribution in [3.8, 4) is 0 Å². The fraction of sp³-hybridized carbons (Fsp3) is 0.538. The third kappa shape index (κ3) is 4.89. The zero-order valence-electron chi connectivity index (χ0n) is 11.0. The lowest BCUT2D eigenvalue weighted by atomic mass is 10.3. The molecular formula is C13H23NO2Si. The largest absolute Gasteiger partial charge is 0.396 e. The molecule has 0 saturated heterocycles. The van der Waals surface area contributed by atoms with Crippen LogP contribution in [0.3, 0.4) is 0 Å². The standard InChI is InChI=1S/C13H23NO2Si/c1-4-13(17(15-5-2)16-6-3)14-12-10-8-7-9-11-12/h7-11,13-14,17H,4-6H2,1-3H3. The van der Waals surface area contributed by atoms with Crippen LogP contribution in [-0.2, 0) is 8.85 Å². The summed E-state index contributed by atoms with van der Waals surface area (Å²) in [5.41, 5.74) is 1.45. The molecule has 1 N–H and O–H groups in total. The first-order valence-corrected chi connectivity index (χ1v) is 7.97. The van der Waals surface area contributed by atoms with Gasteiger partial charge in [-0.25, -0.2) is 0 Å². The van der Waals surface area contributed by atoms with E-state index in [4.69, 9.17) is 8.85 Å². The third-order valence-corrected chi connectivity index (χ3v) is 5.17. The summed E-state index contributed by atoms with van der Waals surface area (Å²) in [6, 6.07) is 10.2. The Morgan fingerprint density at radius 2 is 1.65 bits per heavy atom. The lowest BCUT2D eigenvalue weighted by Gasteiger charge is -2.25. The molecule has 0 aliphatic heterocycles. The molecule has 17 heavy (non-hydrogen) atoms. The van der Waals surface area contributed by atoms with Crippen LogP contribution < -0.4 is 5.32 Å². The molecule has 0 radical (unpaired) electrons. The van der Waals surface area contributed by atoms with Gasteiger partial charge in [-0.15, -0.1) is 0 Å². The van der Waals surface area contributed by atoms with E-state index in [9.17, 15) is 0 Å². The second-order valence-corrected chi connectivity index (χ2v) is 6.01. The van der Waals surface area contributed by atoms with E-state index in [0.717, 1.165) is 25.3 Å². The zero-order chi connectivity index (χ0) is 12.5. The Kier molecular flexibility index (Phi) is 6.92. The van der Waals surface area contributed by atoms with Crippen molar-refractivity contribution >= 4 is 15.0 Å². The molecule has 3 nitrogen and oxygen atoms in total. The lowest BCUT2D eigenvalue weighted by Crippen LogP contribution is -2.42. The van der Waals surface area contributed by atoms with E-state index >= 15 is 0 Å². The number of hydrogen-bond donors (Lipinski definition) is 1. The maximum atomic E-state index is 5.76. The average molecular weight is 253 g/mol. The van der Waals surface area contributed by atoms with Gasteiger partial charge in [-0.2, -0.15) is 0 Å². The van der Waals surface area contributed by atoms with E-state index in [2.05, 4.69) is 24.4 Å². The second kappa shape index (κ2) is 8.28. The summed E-state index contributed by atoms with van der Waals surface area (Å²) in [6.07, 6.45) is 1.02. The molecule has 1 rings (SSSR count).